The van der Waals surface area contributed by atoms with Crippen LogP contribution in [0.4, 0.5) is 0 Å². The molecule has 1 atom stereocenters. The van der Waals surface area contributed by atoms with E-state index in [9.17, 15) is 14.4 Å². The molecule has 0 spiro atoms. The monoisotopic (exact) mass is 335 g/mol. The number of carbonyl (C=O) groups excluding carboxylic acids is 3. The van der Waals surface area contributed by atoms with Crippen molar-refractivity contribution >= 4 is 17.8 Å². The molecular weight excluding hydrogens is 318 g/mol. The van der Waals surface area contributed by atoms with Crippen LogP contribution in [-0.4, -0.2) is 35.3 Å². The quantitative estimate of drug-likeness (QED) is 0.637. The predicted molar refractivity (Wildman–Crippen MR) is 90.4 cm³/mol. The molecule has 0 radical (unpaired) electrons. The van der Waals surface area contributed by atoms with Gasteiger partial charge in [-0.15, -0.1) is 0 Å². The van der Waals surface area contributed by atoms with Gasteiger partial charge < -0.3 is 4.74 Å². The van der Waals surface area contributed by atoms with Crippen LogP contribution in [0.2, 0.25) is 0 Å². The smallest absolute Gasteiger partial charge is 0.338 e. The summed E-state index contributed by atoms with van der Waals surface area (Å²) in [5.74, 6) is -0.786. The molecule has 0 saturated heterocycles. The summed E-state index contributed by atoms with van der Waals surface area (Å²) < 4.78 is 5.47. The highest BCUT2D eigenvalue weighted by Gasteiger charge is 2.35. The van der Waals surface area contributed by atoms with Crippen LogP contribution in [0.3, 0.4) is 0 Å². The van der Waals surface area contributed by atoms with Gasteiger partial charge in [-0.05, 0) is 36.6 Å². The molecule has 5 nitrogen and oxygen atoms in total. The molecule has 2 amide bonds. The van der Waals surface area contributed by atoms with Gasteiger partial charge in [-0.25, -0.2) is 4.79 Å². The molecule has 1 unspecified atom stereocenters. The summed E-state index contributed by atoms with van der Waals surface area (Å²) in [5, 5.41) is 0. The molecule has 2 heterocycles. The van der Waals surface area contributed by atoms with E-state index < -0.39 is 0 Å². The van der Waals surface area contributed by atoms with Crippen molar-refractivity contribution in [1.82, 2.24) is 4.90 Å². The number of amides is 2. The van der Waals surface area contributed by atoms with Crippen molar-refractivity contribution in [1.29, 1.82) is 0 Å². The van der Waals surface area contributed by atoms with Crippen LogP contribution >= 0.6 is 0 Å². The van der Waals surface area contributed by atoms with E-state index in [-0.39, 0.29) is 23.9 Å². The third kappa shape index (κ3) is 2.71. The van der Waals surface area contributed by atoms with E-state index in [1.165, 1.54) is 4.90 Å². The Morgan fingerprint density at radius 1 is 0.880 bits per heavy atom. The lowest BCUT2D eigenvalue weighted by Crippen LogP contribution is -2.32. The Bertz CT molecular complexity index is 839. The van der Waals surface area contributed by atoms with Gasteiger partial charge in [0.2, 0.25) is 0 Å². The van der Waals surface area contributed by atoms with E-state index >= 15 is 0 Å². The maximum atomic E-state index is 12.3. The van der Waals surface area contributed by atoms with Crippen LogP contribution < -0.4 is 0 Å². The number of hydrogen-bond donors (Lipinski definition) is 0. The number of esters is 1. The number of imide groups is 1. The Kier molecular flexibility index (Phi) is 3.84. The van der Waals surface area contributed by atoms with Crippen LogP contribution in [0.25, 0.3) is 0 Å². The first-order valence-electron chi connectivity index (χ1n) is 8.39. The van der Waals surface area contributed by atoms with Gasteiger partial charge in [0.1, 0.15) is 6.10 Å². The molecule has 2 aliphatic rings. The van der Waals surface area contributed by atoms with E-state index in [0.29, 0.717) is 42.5 Å². The number of benzene rings is 2. The minimum Gasteiger partial charge on any atom is -0.458 e. The van der Waals surface area contributed by atoms with Gasteiger partial charge in [0.15, 0.2) is 0 Å². The highest BCUT2D eigenvalue weighted by atomic mass is 16.5. The SMILES string of the molecule is O=C1OC(CCCN2C(=O)c3ccccc3C2=O)Cc2ccccc21. The number of cyclic esters (lactones) is 1. The fourth-order valence-electron chi connectivity index (χ4n) is 3.48. The highest BCUT2D eigenvalue weighted by molar-refractivity contribution is 6.21. The van der Waals surface area contributed by atoms with Crippen LogP contribution in [0.5, 0.6) is 0 Å². The molecule has 0 aromatic heterocycles. The minimum absolute atomic E-state index is 0.211. The molecule has 0 bridgehead atoms. The van der Waals surface area contributed by atoms with Gasteiger partial charge in [0, 0.05) is 13.0 Å². The van der Waals surface area contributed by atoms with Gasteiger partial charge in [-0.3, -0.25) is 14.5 Å². The van der Waals surface area contributed by atoms with Crippen molar-refractivity contribution < 1.29 is 19.1 Å². The first kappa shape index (κ1) is 15.6. The third-order valence-electron chi connectivity index (χ3n) is 4.74. The van der Waals surface area contributed by atoms with Crippen molar-refractivity contribution in [2.24, 2.45) is 0 Å². The molecular formula is C20H17NO4. The topological polar surface area (TPSA) is 63.7 Å². The number of fused-ring (bicyclic) bond motifs is 2. The summed E-state index contributed by atoms with van der Waals surface area (Å²) in [7, 11) is 0. The molecule has 0 aliphatic carbocycles. The largest absolute Gasteiger partial charge is 0.458 e. The second-order valence-electron chi connectivity index (χ2n) is 6.34. The highest BCUT2D eigenvalue weighted by Crippen LogP contribution is 2.25. The molecule has 5 heteroatoms. The number of nitrogens with zero attached hydrogens (tertiary/aromatic N) is 1. The number of ether oxygens (including phenoxy) is 1. The fourth-order valence-corrected chi connectivity index (χ4v) is 3.48. The third-order valence-corrected chi connectivity index (χ3v) is 4.74. The number of rotatable bonds is 4. The normalized spacial score (nSPS) is 18.8. The molecule has 126 valence electrons. The van der Waals surface area contributed by atoms with Crippen LogP contribution in [-0.2, 0) is 11.2 Å². The lowest BCUT2D eigenvalue weighted by molar-refractivity contribution is 0.0223. The number of hydrogen-bond acceptors (Lipinski definition) is 4. The van der Waals surface area contributed by atoms with Gasteiger partial charge >= 0.3 is 5.97 Å². The maximum absolute atomic E-state index is 12.3. The second-order valence-corrected chi connectivity index (χ2v) is 6.34. The second kappa shape index (κ2) is 6.16. The predicted octanol–water partition coefficient (Wildman–Crippen LogP) is 2.84. The van der Waals surface area contributed by atoms with Crippen molar-refractivity contribution in [3.05, 3.63) is 70.8 Å². The molecule has 2 aromatic rings. The van der Waals surface area contributed by atoms with E-state index in [4.69, 9.17) is 4.74 Å². The first-order valence-corrected chi connectivity index (χ1v) is 8.39. The summed E-state index contributed by atoms with van der Waals surface area (Å²) in [6.07, 6.45) is 1.68. The Morgan fingerprint density at radius 2 is 1.48 bits per heavy atom. The zero-order valence-corrected chi connectivity index (χ0v) is 13.6. The van der Waals surface area contributed by atoms with Gasteiger partial charge in [0.05, 0.1) is 16.7 Å². The van der Waals surface area contributed by atoms with Gasteiger partial charge in [-0.2, -0.15) is 0 Å². The zero-order valence-electron chi connectivity index (χ0n) is 13.6. The fraction of sp³-hybridized carbons (Fsp3) is 0.250. The summed E-state index contributed by atoms with van der Waals surface area (Å²) in [6, 6.07) is 14.3. The van der Waals surface area contributed by atoms with Crippen LogP contribution in [0.1, 0.15) is 49.5 Å². The standard InChI is InChI=1S/C20H17NO4/c22-18-16-9-3-4-10-17(16)19(23)21(18)11-5-7-14-12-13-6-1-2-8-15(13)20(24)25-14/h1-4,6,8-10,14H,5,7,11-12H2. The molecule has 0 saturated carbocycles. The Labute approximate surface area is 145 Å². The van der Waals surface area contributed by atoms with E-state index in [2.05, 4.69) is 0 Å². The average molecular weight is 335 g/mol. The molecule has 0 N–H and O–H groups in total. The van der Waals surface area contributed by atoms with E-state index in [0.717, 1.165) is 5.56 Å². The lowest BCUT2D eigenvalue weighted by atomic mass is 9.96. The lowest BCUT2D eigenvalue weighted by Gasteiger charge is -2.25. The number of carbonyl (C=O) groups is 3. The summed E-state index contributed by atoms with van der Waals surface area (Å²) >= 11 is 0. The zero-order chi connectivity index (χ0) is 17.4. The summed E-state index contributed by atoms with van der Waals surface area (Å²) in [5.41, 5.74) is 2.54. The minimum atomic E-state index is -0.299. The summed E-state index contributed by atoms with van der Waals surface area (Å²) in [6.45, 7) is 0.335. The van der Waals surface area contributed by atoms with E-state index in [1.807, 2.05) is 18.2 Å². The van der Waals surface area contributed by atoms with Crippen LogP contribution in [0.15, 0.2) is 48.5 Å². The maximum Gasteiger partial charge on any atom is 0.338 e. The molecule has 2 aromatic carbocycles. The molecule has 0 fully saturated rings. The van der Waals surface area contributed by atoms with Gasteiger partial charge in [-0.1, -0.05) is 30.3 Å². The Morgan fingerprint density at radius 3 is 2.16 bits per heavy atom. The van der Waals surface area contributed by atoms with Gasteiger partial charge in [0.25, 0.3) is 11.8 Å². The summed E-state index contributed by atoms with van der Waals surface area (Å²) in [4.78, 5) is 38.0. The van der Waals surface area contributed by atoms with Crippen molar-refractivity contribution in [2.75, 3.05) is 6.54 Å². The Hall–Kier alpha value is -2.95. The first-order chi connectivity index (χ1) is 12.1. The van der Waals surface area contributed by atoms with Crippen molar-refractivity contribution in [2.45, 2.75) is 25.4 Å². The van der Waals surface area contributed by atoms with E-state index in [1.54, 1.807) is 30.3 Å². The molecule has 25 heavy (non-hydrogen) atoms. The van der Waals surface area contributed by atoms with Crippen molar-refractivity contribution in [3.8, 4) is 0 Å². The molecule has 2 aliphatic heterocycles. The molecule has 4 rings (SSSR count). The van der Waals surface area contributed by atoms with Crippen molar-refractivity contribution in [3.63, 3.8) is 0 Å². The average Bonchev–Trinajstić information content (AvgIpc) is 2.87. The Balaban J connectivity index is 1.37. The van der Waals surface area contributed by atoms with Crippen LogP contribution in [0, 0.1) is 0 Å².